The normalized spacial score (nSPS) is 20.8. The summed E-state index contributed by atoms with van der Waals surface area (Å²) in [4.78, 5) is 14.1. The summed E-state index contributed by atoms with van der Waals surface area (Å²) in [6.07, 6.45) is 1.72. The molecule has 2 heterocycles. The maximum absolute atomic E-state index is 13.7. The lowest BCUT2D eigenvalue weighted by Crippen LogP contribution is -2.44. The smallest absolute Gasteiger partial charge is 0.243 e. The molecule has 2 aliphatic rings. The van der Waals surface area contributed by atoms with Crippen LogP contribution in [-0.2, 0) is 14.8 Å². The molecule has 5 nitrogen and oxygen atoms in total. The van der Waals surface area contributed by atoms with Gasteiger partial charge in [-0.15, -0.1) is 11.8 Å². The Labute approximate surface area is 174 Å². The van der Waals surface area contributed by atoms with Crippen LogP contribution in [0.3, 0.4) is 0 Å². The van der Waals surface area contributed by atoms with E-state index in [0.29, 0.717) is 25.9 Å². The number of fused-ring (bicyclic) bond motifs is 1. The zero-order valence-electron chi connectivity index (χ0n) is 15.9. The van der Waals surface area contributed by atoms with E-state index in [1.165, 1.54) is 16.4 Å². The first-order chi connectivity index (χ1) is 13.9. The van der Waals surface area contributed by atoms with E-state index in [9.17, 15) is 17.6 Å². The minimum Gasteiger partial charge on any atom is -0.349 e. The number of piperidine rings is 1. The molecule has 1 N–H and O–H groups in total. The zero-order valence-corrected chi connectivity index (χ0v) is 17.5. The second-order valence-electron chi connectivity index (χ2n) is 7.37. The summed E-state index contributed by atoms with van der Waals surface area (Å²) < 4.78 is 40.6. The number of halogens is 1. The van der Waals surface area contributed by atoms with Crippen LogP contribution in [0, 0.1) is 11.7 Å². The number of thioether (sulfide) groups is 1. The van der Waals surface area contributed by atoms with Gasteiger partial charge in [0.15, 0.2) is 0 Å². The largest absolute Gasteiger partial charge is 0.349 e. The summed E-state index contributed by atoms with van der Waals surface area (Å²) in [6.45, 7) is 0.641. The summed E-state index contributed by atoms with van der Waals surface area (Å²) in [6, 6.07) is 12.9. The summed E-state index contributed by atoms with van der Waals surface area (Å²) in [5, 5.41) is 3.07. The number of hydrogen-bond acceptors (Lipinski definition) is 4. The van der Waals surface area contributed by atoms with Gasteiger partial charge in [-0.2, -0.15) is 4.31 Å². The van der Waals surface area contributed by atoms with Crippen LogP contribution >= 0.6 is 11.8 Å². The highest BCUT2D eigenvalue weighted by molar-refractivity contribution is 7.99. The van der Waals surface area contributed by atoms with Crippen LogP contribution < -0.4 is 5.32 Å². The predicted molar refractivity (Wildman–Crippen MR) is 111 cm³/mol. The van der Waals surface area contributed by atoms with Crippen LogP contribution in [0.25, 0.3) is 0 Å². The number of amides is 1. The first-order valence-corrected chi connectivity index (χ1v) is 12.2. The number of sulfonamides is 1. The lowest BCUT2D eigenvalue weighted by atomic mass is 9.95. The van der Waals surface area contributed by atoms with E-state index in [0.717, 1.165) is 22.6 Å². The van der Waals surface area contributed by atoms with Gasteiger partial charge in [0.1, 0.15) is 5.82 Å². The van der Waals surface area contributed by atoms with Gasteiger partial charge in [-0.25, -0.2) is 12.8 Å². The SMILES string of the molecule is O=C(NC1CCSc2ccc(F)cc21)C1CCN(S(=O)(=O)c2ccccc2)CC1. The maximum Gasteiger partial charge on any atom is 0.243 e. The number of hydrogen-bond donors (Lipinski definition) is 1. The number of rotatable bonds is 4. The van der Waals surface area contributed by atoms with E-state index in [1.807, 2.05) is 0 Å². The molecule has 1 unspecified atom stereocenters. The van der Waals surface area contributed by atoms with E-state index < -0.39 is 10.0 Å². The number of benzene rings is 2. The first-order valence-electron chi connectivity index (χ1n) is 9.73. The number of carbonyl (C=O) groups is 1. The van der Waals surface area contributed by atoms with E-state index in [-0.39, 0.29) is 28.6 Å². The molecule has 0 spiro atoms. The molecule has 29 heavy (non-hydrogen) atoms. The summed E-state index contributed by atoms with van der Waals surface area (Å²) in [5.74, 6) is 0.264. The Bertz CT molecular complexity index is 990. The van der Waals surface area contributed by atoms with Gasteiger partial charge in [0.05, 0.1) is 10.9 Å². The van der Waals surface area contributed by atoms with Crippen molar-refractivity contribution in [3.05, 3.63) is 59.9 Å². The lowest BCUT2D eigenvalue weighted by Gasteiger charge is -2.32. The molecule has 0 bridgehead atoms. The minimum atomic E-state index is -3.53. The molecule has 2 aromatic carbocycles. The number of nitrogens with one attached hydrogen (secondary N) is 1. The summed E-state index contributed by atoms with van der Waals surface area (Å²) in [5.41, 5.74) is 0.832. The van der Waals surface area contributed by atoms with Crippen molar-refractivity contribution >= 4 is 27.7 Å². The molecular formula is C21H23FN2O3S2. The van der Waals surface area contributed by atoms with Crippen LogP contribution in [0.1, 0.15) is 30.9 Å². The van der Waals surface area contributed by atoms with E-state index >= 15 is 0 Å². The Morgan fingerprint density at radius 3 is 2.52 bits per heavy atom. The van der Waals surface area contributed by atoms with Gasteiger partial charge < -0.3 is 5.32 Å². The Morgan fingerprint density at radius 2 is 1.79 bits per heavy atom. The first kappa shape index (κ1) is 20.4. The van der Waals surface area contributed by atoms with Gasteiger partial charge in [-0.3, -0.25) is 4.79 Å². The van der Waals surface area contributed by atoms with Crippen molar-refractivity contribution in [3.8, 4) is 0 Å². The van der Waals surface area contributed by atoms with Crippen molar-refractivity contribution in [2.75, 3.05) is 18.8 Å². The van der Waals surface area contributed by atoms with Gasteiger partial charge in [0.2, 0.25) is 15.9 Å². The average Bonchev–Trinajstić information content (AvgIpc) is 2.75. The zero-order chi connectivity index (χ0) is 20.4. The third-order valence-electron chi connectivity index (χ3n) is 5.53. The standard InChI is InChI=1S/C21H23FN2O3S2/c22-16-6-7-20-18(14-16)19(10-13-28-20)23-21(25)15-8-11-24(12-9-15)29(26,27)17-4-2-1-3-5-17/h1-7,14-15,19H,8-13H2,(H,23,25). The fourth-order valence-electron chi connectivity index (χ4n) is 3.90. The molecule has 1 saturated heterocycles. The second kappa shape index (κ2) is 8.45. The lowest BCUT2D eigenvalue weighted by molar-refractivity contribution is -0.126. The molecule has 1 fully saturated rings. The fraction of sp³-hybridized carbons (Fsp3) is 0.381. The molecule has 0 saturated carbocycles. The molecule has 1 amide bonds. The quantitative estimate of drug-likeness (QED) is 0.799. The molecule has 0 radical (unpaired) electrons. The van der Waals surface area contributed by atoms with Crippen LogP contribution in [0.2, 0.25) is 0 Å². The van der Waals surface area contributed by atoms with Crippen molar-refractivity contribution < 1.29 is 17.6 Å². The number of carbonyl (C=O) groups excluding carboxylic acids is 1. The molecule has 2 aromatic rings. The molecule has 2 aliphatic heterocycles. The van der Waals surface area contributed by atoms with Gasteiger partial charge >= 0.3 is 0 Å². The Balaban J connectivity index is 1.39. The Hall–Kier alpha value is -1.90. The van der Waals surface area contributed by atoms with Crippen molar-refractivity contribution in [3.63, 3.8) is 0 Å². The maximum atomic E-state index is 13.7. The highest BCUT2D eigenvalue weighted by atomic mass is 32.2. The third kappa shape index (κ3) is 4.34. The van der Waals surface area contributed by atoms with Gasteiger partial charge in [-0.05, 0) is 55.2 Å². The monoisotopic (exact) mass is 434 g/mol. The summed E-state index contributed by atoms with van der Waals surface area (Å²) in [7, 11) is -3.53. The molecule has 4 rings (SSSR count). The highest BCUT2D eigenvalue weighted by Crippen LogP contribution is 2.37. The molecule has 1 atom stereocenters. The highest BCUT2D eigenvalue weighted by Gasteiger charge is 2.33. The van der Waals surface area contributed by atoms with E-state index in [1.54, 1.807) is 48.2 Å². The van der Waals surface area contributed by atoms with Gasteiger partial charge in [0, 0.05) is 29.7 Å². The van der Waals surface area contributed by atoms with E-state index in [4.69, 9.17) is 0 Å². The second-order valence-corrected chi connectivity index (χ2v) is 10.4. The third-order valence-corrected chi connectivity index (χ3v) is 8.57. The summed E-state index contributed by atoms with van der Waals surface area (Å²) >= 11 is 1.67. The van der Waals surface area contributed by atoms with Crippen LogP contribution in [0.4, 0.5) is 4.39 Å². The molecular weight excluding hydrogens is 411 g/mol. The number of nitrogens with zero attached hydrogens (tertiary/aromatic N) is 1. The van der Waals surface area contributed by atoms with Gasteiger partial charge in [0.25, 0.3) is 0 Å². The molecule has 0 aliphatic carbocycles. The Morgan fingerprint density at radius 1 is 1.07 bits per heavy atom. The average molecular weight is 435 g/mol. The van der Waals surface area contributed by atoms with Crippen molar-refractivity contribution in [1.29, 1.82) is 0 Å². The van der Waals surface area contributed by atoms with Crippen molar-refractivity contribution in [1.82, 2.24) is 9.62 Å². The van der Waals surface area contributed by atoms with Crippen molar-refractivity contribution in [2.45, 2.75) is 35.1 Å². The minimum absolute atomic E-state index is 0.0751. The van der Waals surface area contributed by atoms with Crippen LogP contribution in [0.15, 0.2) is 58.3 Å². The van der Waals surface area contributed by atoms with Crippen LogP contribution in [0.5, 0.6) is 0 Å². The van der Waals surface area contributed by atoms with Crippen molar-refractivity contribution in [2.24, 2.45) is 5.92 Å². The topological polar surface area (TPSA) is 66.5 Å². The molecule has 8 heteroatoms. The predicted octanol–water partition coefficient (Wildman–Crippen LogP) is 3.58. The van der Waals surface area contributed by atoms with Gasteiger partial charge in [-0.1, -0.05) is 18.2 Å². The van der Waals surface area contributed by atoms with Crippen LogP contribution in [-0.4, -0.2) is 37.5 Å². The molecule has 0 aromatic heterocycles. The Kier molecular flexibility index (Phi) is 5.94. The molecule has 154 valence electrons. The fourth-order valence-corrected chi connectivity index (χ4v) is 6.50. The van der Waals surface area contributed by atoms with E-state index in [2.05, 4.69) is 5.32 Å².